The fourth-order valence-corrected chi connectivity index (χ4v) is 5.72. The van der Waals surface area contributed by atoms with Crippen molar-refractivity contribution >= 4 is 41.7 Å². The van der Waals surface area contributed by atoms with Crippen LogP contribution in [0.2, 0.25) is 5.02 Å². The van der Waals surface area contributed by atoms with Gasteiger partial charge in [0.15, 0.2) is 0 Å². The zero-order chi connectivity index (χ0) is 27.9. The molecule has 1 atom stereocenters. The standard InChI is InChI=1S/C29H32BClFN7O/c1-28(8-10-40-11-9-28)17-35-26-18(14-33)15-34-27-23(26)12-21(13-24(27)31)36-29(30,19-2-4-20(32)5-3-19)25-16-39(38-37-25)22-6-7-22/h2-5,12-13,15-16,22,36-38H,6-11,17,30H2,1H3,(H,34,35). The molecule has 3 aromatic rings. The molecule has 2 fully saturated rings. The van der Waals surface area contributed by atoms with Crippen molar-refractivity contribution < 1.29 is 9.13 Å². The Labute approximate surface area is 239 Å². The van der Waals surface area contributed by atoms with Crippen LogP contribution in [0.1, 0.15) is 43.7 Å². The fourth-order valence-electron chi connectivity index (χ4n) is 5.45. The van der Waals surface area contributed by atoms with Crippen molar-refractivity contribution in [2.24, 2.45) is 5.41 Å². The Morgan fingerprint density at radius 3 is 2.73 bits per heavy atom. The second-order valence-corrected chi connectivity index (χ2v) is 11.9. The zero-order valence-electron chi connectivity index (χ0n) is 22.7. The molecule has 1 unspecified atom stereocenters. The van der Waals surface area contributed by atoms with E-state index in [0.717, 1.165) is 61.2 Å². The van der Waals surface area contributed by atoms with Gasteiger partial charge in [0.2, 0.25) is 0 Å². The molecule has 2 aromatic carbocycles. The highest BCUT2D eigenvalue weighted by Gasteiger charge is 2.38. The Kier molecular flexibility index (Phi) is 6.99. The van der Waals surface area contributed by atoms with Gasteiger partial charge in [0, 0.05) is 49.3 Å². The smallest absolute Gasteiger partial charge is 0.148 e. The number of ether oxygens (including phenoxy) is 1. The first-order valence-electron chi connectivity index (χ1n) is 13.7. The number of anilines is 2. The summed E-state index contributed by atoms with van der Waals surface area (Å²) >= 11 is 6.80. The van der Waals surface area contributed by atoms with E-state index in [0.29, 0.717) is 34.4 Å². The molecule has 2 aliphatic heterocycles. The van der Waals surface area contributed by atoms with Gasteiger partial charge in [-0.2, -0.15) is 5.26 Å². The SMILES string of the molecule is BC(Nc1cc(Cl)c2ncc(C#N)c(NCC3(C)CCOCC3)c2c1)(C1=CN(C2CC2)NN1)c1ccc(F)cc1. The van der Waals surface area contributed by atoms with E-state index in [-0.39, 0.29) is 11.2 Å². The first-order valence-corrected chi connectivity index (χ1v) is 14.1. The average Bonchev–Trinajstić information content (AvgIpc) is 3.68. The number of hydrazine groups is 2. The van der Waals surface area contributed by atoms with Gasteiger partial charge >= 0.3 is 0 Å². The monoisotopic (exact) mass is 559 g/mol. The summed E-state index contributed by atoms with van der Waals surface area (Å²) in [5.41, 5.74) is 10.2. The molecule has 3 heterocycles. The molecule has 1 aliphatic carbocycles. The maximum Gasteiger partial charge on any atom is 0.148 e. The van der Waals surface area contributed by atoms with Crippen LogP contribution in [-0.4, -0.2) is 43.6 Å². The number of hydrogen-bond acceptors (Lipinski definition) is 8. The van der Waals surface area contributed by atoms with E-state index >= 15 is 0 Å². The van der Waals surface area contributed by atoms with Gasteiger partial charge in [-0.25, -0.2) is 4.39 Å². The van der Waals surface area contributed by atoms with Crippen molar-refractivity contribution in [2.45, 2.75) is 44.1 Å². The maximum atomic E-state index is 13.9. The van der Waals surface area contributed by atoms with Gasteiger partial charge in [-0.1, -0.05) is 30.7 Å². The zero-order valence-corrected chi connectivity index (χ0v) is 23.4. The quantitative estimate of drug-likeness (QED) is 0.303. The van der Waals surface area contributed by atoms with Crippen molar-refractivity contribution in [3.05, 3.63) is 76.5 Å². The molecular weight excluding hydrogens is 528 g/mol. The number of halogens is 2. The Morgan fingerprint density at radius 2 is 2.02 bits per heavy atom. The molecule has 40 heavy (non-hydrogen) atoms. The molecule has 206 valence electrons. The molecule has 4 N–H and O–H groups in total. The molecule has 3 aliphatic rings. The average molecular weight is 560 g/mol. The minimum Gasteiger partial charge on any atom is -0.383 e. The number of nitriles is 1. The highest BCUT2D eigenvalue weighted by atomic mass is 35.5. The largest absolute Gasteiger partial charge is 0.383 e. The van der Waals surface area contributed by atoms with Crippen LogP contribution in [0.5, 0.6) is 0 Å². The molecule has 11 heteroatoms. The third-order valence-corrected chi connectivity index (χ3v) is 8.61. The number of fused-ring (bicyclic) bond motifs is 1. The molecule has 1 aromatic heterocycles. The predicted octanol–water partition coefficient (Wildman–Crippen LogP) is 4.35. The van der Waals surface area contributed by atoms with E-state index in [1.54, 1.807) is 18.3 Å². The molecule has 0 radical (unpaired) electrons. The lowest BCUT2D eigenvalue weighted by atomic mass is 9.69. The molecule has 8 nitrogen and oxygen atoms in total. The van der Waals surface area contributed by atoms with E-state index in [1.807, 2.05) is 20.0 Å². The lowest BCUT2D eigenvalue weighted by molar-refractivity contribution is 0.0300. The van der Waals surface area contributed by atoms with Crippen LogP contribution in [0.3, 0.4) is 0 Å². The highest BCUT2D eigenvalue weighted by Crippen LogP contribution is 2.39. The van der Waals surface area contributed by atoms with Crippen LogP contribution in [0.25, 0.3) is 10.9 Å². The molecule has 0 amide bonds. The molecule has 1 saturated carbocycles. The van der Waals surface area contributed by atoms with Crippen LogP contribution in [-0.2, 0) is 10.2 Å². The minimum atomic E-state index is -0.759. The molecule has 0 spiro atoms. The normalized spacial score (nSPS) is 19.9. The van der Waals surface area contributed by atoms with E-state index in [2.05, 4.69) is 50.8 Å². The summed E-state index contributed by atoms with van der Waals surface area (Å²) in [5.74, 6) is -0.296. The molecule has 0 bridgehead atoms. The van der Waals surface area contributed by atoms with Gasteiger partial charge in [0.05, 0.1) is 32.9 Å². The number of nitrogens with zero attached hydrogens (tertiary/aromatic N) is 3. The number of benzene rings is 2. The van der Waals surface area contributed by atoms with Crippen molar-refractivity contribution in [2.75, 3.05) is 30.4 Å². The van der Waals surface area contributed by atoms with Crippen molar-refractivity contribution in [1.29, 1.82) is 5.26 Å². The van der Waals surface area contributed by atoms with Crippen molar-refractivity contribution in [3.63, 3.8) is 0 Å². The molecular formula is C29H32BClFN7O. The lowest BCUT2D eigenvalue weighted by Crippen LogP contribution is -2.45. The molecule has 6 rings (SSSR count). The summed E-state index contributed by atoms with van der Waals surface area (Å²) in [6.45, 7) is 4.41. The summed E-state index contributed by atoms with van der Waals surface area (Å²) in [4.78, 5) is 4.52. The summed E-state index contributed by atoms with van der Waals surface area (Å²) in [5, 5.41) is 20.5. The summed E-state index contributed by atoms with van der Waals surface area (Å²) < 4.78 is 19.5. The number of aromatic nitrogens is 1. The van der Waals surface area contributed by atoms with Crippen LogP contribution >= 0.6 is 11.6 Å². The number of pyridine rings is 1. The van der Waals surface area contributed by atoms with Gasteiger partial charge in [0.25, 0.3) is 0 Å². The topological polar surface area (TPSA) is 97.3 Å². The van der Waals surface area contributed by atoms with Gasteiger partial charge in [-0.05, 0) is 60.9 Å². The minimum absolute atomic E-state index is 0.0580. The first-order chi connectivity index (χ1) is 19.3. The van der Waals surface area contributed by atoms with Gasteiger partial charge in [0.1, 0.15) is 19.7 Å². The van der Waals surface area contributed by atoms with E-state index < -0.39 is 5.44 Å². The van der Waals surface area contributed by atoms with E-state index in [9.17, 15) is 9.65 Å². The Balaban J connectivity index is 1.39. The van der Waals surface area contributed by atoms with Crippen molar-refractivity contribution in [1.82, 2.24) is 21.0 Å². The Bertz CT molecular complexity index is 1500. The van der Waals surface area contributed by atoms with Crippen LogP contribution in [0.4, 0.5) is 15.8 Å². The third kappa shape index (κ3) is 5.17. The lowest BCUT2D eigenvalue weighted by Gasteiger charge is -2.34. The fraction of sp³-hybridized carbons (Fsp3) is 0.379. The van der Waals surface area contributed by atoms with E-state index in [4.69, 9.17) is 16.3 Å². The van der Waals surface area contributed by atoms with Crippen molar-refractivity contribution in [3.8, 4) is 6.07 Å². The summed E-state index contributed by atoms with van der Waals surface area (Å²) in [7, 11) is 2.05. The Hall–Kier alpha value is -3.52. The number of rotatable bonds is 8. The van der Waals surface area contributed by atoms with Crippen LogP contribution in [0, 0.1) is 22.6 Å². The summed E-state index contributed by atoms with van der Waals surface area (Å²) in [6, 6.07) is 13.1. The maximum absolute atomic E-state index is 13.9. The van der Waals surface area contributed by atoms with Crippen LogP contribution in [0.15, 0.2) is 54.5 Å². The van der Waals surface area contributed by atoms with E-state index in [1.165, 1.54) is 12.1 Å². The van der Waals surface area contributed by atoms with Gasteiger partial charge in [-0.15, -0.1) is 5.53 Å². The van der Waals surface area contributed by atoms with Crippen LogP contribution < -0.4 is 21.6 Å². The van der Waals surface area contributed by atoms with Gasteiger partial charge in [-0.3, -0.25) is 9.99 Å². The predicted molar refractivity (Wildman–Crippen MR) is 158 cm³/mol. The second-order valence-electron chi connectivity index (χ2n) is 11.5. The number of nitrogens with one attached hydrogen (secondary N) is 4. The number of hydrogen-bond donors (Lipinski definition) is 4. The first kappa shape index (κ1) is 26.7. The summed E-state index contributed by atoms with van der Waals surface area (Å²) in [6.07, 6.45) is 7.80. The highest BCUT2D eigenvalue weighted by molar-refractivity contribution is 6.36. The third-order valence-electron chi connectivity index (χ3n) is 8.32. The molecule has 1 saturated heterocycles. The second kappa shape index (κ2) is 10.5. The van der Waals surface area contributed by atoms with Gasteiger partial charge < -0.3 is 20.8 Å². The Morgan fingerprint density at radius 1 is 1.27 bits per heavy atom.